The zero-order valence-corrected chi connectivity index (χ0v) is 17.9. The molecule has 3 aliphatic rings. The highest BCUT2D eigenvalue weighted by Crippen LogP contribution is 2.45. The van der Waals surface area contributed by atoms with Gasteiger partial charge in [-0.05, 0) is 62.3 Å². The molecular weight excluding hydrogens is 376 g/mol. The van der Waals surface area contributed by atoms with Crippen molar-refractivity contribution < 1.29 is 9.53 Å². The van der Waals surface area contributed by atoms with Gasteiger partial charge in [0.15, 0.2) is 0 Å². The number of carbonyl (C=O) groups is 1. The van der Waals surface area contributed by atoms with E-state index in [1.165, 1.54) is 11.3 Å². The highest BCUT2D eigenvalue weighted by molar-refractivity contribution is 5.85. The van der Waals surface area contributed by atoms with E-state index in [-0.39, 0.29) is 10.8 Å². The average Bonchev–Trinajstić information content (AvgIpc) is 3.07. The van der Waals surface area contributed by atoms with E-state index in [0.29, 0.717) is 5.91 Å². The highest BCUT2D eigenvalue weighted by Gasteiger charge is 2.50. The number of fused-ring (bicyclic) bond motifs is 2. The summed E-state index contributed by atoms with van der Waals surface area (Å²) in [6, 6.07) is 8.11. The molecule has 2 fully saturated rings. The zero-order valence-electron chi connectivity index (χ0n) is 17.9. The van der Waals surface area contributed by atoms with Crippen molar-refractivity contribution in [1.29, 1.82) is 0 Å². The number of hydrogen-bond donors (Lipinski definition) is 1. The van der Waals surface area contributed by atoms with E-state index in [1.54, 1.807) is 7.11 Å². The number of rotatable bonds is 4. The Balaban J connectivity index is 1.39. The monoisotopic (exact) mass is 406 g/mol. The van der Waals surface area contributed by atoms with Gasteiger partial charge in [-0.15, -0.1) is 0 Å². The summed E-state index contributed by atoms with van der Waals surface area (Å²) >= 11 is 0. The van der Waals surface area contributed by atoms with Gasteiger partial charge in [-0.3, -0.25) is 4.79 Å². The molecule has 6 nitrogen and oxygen atoms in total. The third kappa shape index (κ3) is 3.18. The molecular formula is C24H30N4O2. The summed E-state index contributed by atoms with van der Waals surface area (Å²) in [4.78, 5) is 25.2. The minimum Gasteiger partial charge on any atom is -0.497 e. The Hall–Kier alpha value is -2.47. The molecule has 1 spiro atoms. The Labute approximate surface area is 178 Å². The molecule has 0 radical (unpaired) electrons. The fourth-order valence-electron chi connectivity index (χ4n) is 5.62. The standard InChI is InChI=1S/C24H30N4O2/c1-17-26-13-19-7-9-23(21(19)27-17)8-4-10-28(16-23)22(29)24(14-25-15-24)12-18-5-3-6-20(11-18)30-2/h3,5-6,11,13,25H,4,7-10,12,14-16H2,1-2H3. The number of nitrogens with zero attached hydrogens (tertiary/aromatic N) is 3. The summed E-state index contributed by atoms with van der Waals surface area (Å²) in [5, 5.41) is 3.36. The SMILES string of the molecule is COc1cccc(CC2(C(=O)N3CCCC4(CCc5cnc(C)nc54)C3)CNC2)c1. The summed E-state index contributed by atoms with van der Waals surface area (Å²) in [7, 11) is 1.68. The van der Waals surface area contributed by atoms with Crippen molar-refractivity contribution in [2.24, 2.45) is 5.41 Å². The molecule has 3 heterocycles. The van der Waals surface area contributed by atoms with Crippen molar-refractivity contribution in [2.75, 3.05) is 33.3 Å². The molecule has 5 rings (SSSR count). The molecule has 30 heavy (non-hydrogen) atoms. The number of amides is 1. The van der Waals surface area contributed by atoms with Crippen LogP contribution in [0.5, 0.6) is 5.75 Å². The van der Waals surface area contributed by atoms with Crippen molar-refractivity contribution in [2.45, 2.75) is 44.4 Å². The molecule has 6 heteroatoms. The summed E-state index contributed by atoms with van der Waals surface area (Å²) in [5.74, 6) is 1.97. The van der Waals surface area contributed by atoms with Crippen LogP contribution in [-0.2, 0) is 23.1 Å². The van der Waals surface area contributed by atoms with E-state index in [1.807, 2.05) is 25.3 Å². The van der Waals surface area contributed by atoms with Gasteiger partial charge in [0.2, 0.25) is 5.91 Å². The molecule has 1 N–H and O–H groups in total. The average molecular weight is 407 g/mol. The van der Waals surface area contributed by atoms with Crippen LogP contribution in [0.2, 0.25) is 0 Å². The Morgan fingerprint density at radius 3 is 2.93 bits per heavy atom. The van der Waals surface area contributed by atoms with E-state index < -0.39 is 0 Å². The Kier molecular flexibility index (Phi) is 4.77. The van der Waals surface area contributed by atoms with E-state index in [4.69, 9.17) is 9.72 Å². The molecule has 2 aliphatic heterocycles. The molecule has 158 valence electrons. The van der Waals surface area contributed by atoms with Crippen molar-refractivity contribution >= 4 is 5.91 Å². The normalized spacial score (nSPS) is 24.4. The first-order valence-corrected chi connectivity index (χ1v) is 11.0. The number of aryl methyl sites for hydroxylation is 2. The molecule has 2 aromatic rings. The van der Waals surface area contributed by atoms with E-state index >= 15 is 0 Å². The topological polar surface area (TPSA) is 67.3 Å². The first kappa shape index (κ1) is 19.5. The fraction of sp³-hybridized carbons (Fsp3) is 0.542. The van der Waals surface area contributed by atoms with Crippen LogP contribution in [0.3, 0.4) is 0 Å². The first-order chi connectivity index (χ1) is 14.5. The molecule has 1 aromatic carbocycles. The lowest BCUT2D eigenvalue weighted by molar-refractivity contribution is -0.147. The lowest BCUT2D eigenvalue weighted by Gasteiger charge is -2.48. The predicted molar refractivity (Wildman–Crippen MR) is 115 cm³/mol. The second kappa shape index (κ2) is 7.34. The van der Waals surface area contributed by atoms with Crippen LogP contribution in [0.25, 0.3) is 0 Å². The third-order valence-corrected chi connectivity index (χ3v) is 7.28. The van der Waals surface area contributed by atoms with Gasteiger partial charge in [0, 0.05) is 37.8 Å². The number of benzene rings is 1. The number of nitrogens with one attached hydrogen (secondary N) is 1. The summed E-state index contributed by atoms with van der Waals surface area (Å²) in [6.45, 7) is 5.07. The number of likely N-dealkylation sites (tertiary alicyclic amines) is 1. The maximum Gasteiger partial charge on any atom is 0.231 e. The Morgan fingerprint density at radius 2 is 2.17 bits per heavy atom. The number of piperidine rings is 1. The number of methoxy groups -OCH3 is 1. The number of aromatic nitrogens is 2. The fourth-order valence-corrected chi connectivity index (χ4v) is 5.62. The Morgan fingerprint density at radius 1 is 1.30 bits per heavy atom. The molecule has 1 atom stereocenters. The van der Waals surface area contributed by atoms with Crippen LogP contribution in [0.15, 0.2) is 30.5 Å². The summed E-state index contributed by atoms with van der Waals surface area (Å²) in [6.07, 6.45) is 6.99. The van der Waals surface area contributed by atoms with Crippen LogP contribution in [-0.4, -0.2) is 54.1 Å². The van der Waals surface area contributed by atoms with Crippen LogP contribution in [0, 0.1) is 12.3 Å². The van der Waals surface area contributed by atoms with Gasteiger partial charge < -0.3 is 15.0 Å². The van der Waals surface area contributed by atoms with Crippen LogP contribution in [0.1, 0.15) is 41.9 Å². The molecule has 1 amide bonds. The summed E-state index contributed by atoms with van der Waals surface area (Å²) < 4.78 is 5.38. The molecule has 1 unspecified atom stereocenters. The van der Waals surface area contributed by atoms with Crippen molar-refractivity contribution in [3.8, 4) is 5.75 Å². The number of hydrogen-bond acceptors (Lipinski definition) is 5. The number of carbonyl (C=O) groups excluding carboxylic acids is 1. The maximum absolute atomic E-state index is 13.8. The smallest absolute Gasteiger partial charge is 0.231 e. The van der Waals surface area contributed by atoms with Gasteiger partial charge in [0.25, 0.3) is 0 Å². The van der Waals surface area contributed by atoms with Crippen molar-refractivity contribution in [3.63, 3.8) is 0 Å². The quantitative estimate of drug-likeness (QED) is 0.845. The third-order valence-electron chi connectivity index (χ3n) is 7.28. The minimum atomic E-state index is -0.353. The molecule has 1 aliphatic carbocycles. The van der Waals surface area contributed by atoms with E-state index in [2.05, 4.69) is 27.3 Å². The van der Waals surface area contributed by atoms with Crippen molar-refractivity contribution in [1.82, 2.24) is 20.2 Å². The van der Waals surface area contributed by atoms with Gasteiger partial charge in [0.1, 0.15) is 11.6 Å². The summed E-state index contributed by atoms with van der Waals surface area (Å²) in [5.41, 5.74) is 3.28. The lowest BCUT2D eigenvalue weighted by Crippen LogP contribution is -2.65. The molecule has 2 saturated heterocycles. The molecule has 1 aromatic heterocycles. The van der Waals surface area contributed by atoms with Crippen LogP contribution < -0.4 is 10.1 Å². The predicted octanol–water partition coefficient (Wildman–Crippen LogP) is 2.43. The molecule has 0 bridgehead atoms. The van der Waals surface area contributed by atoms with Crippen LogP contribution >= 0.6 is 0 Å². The zero-order chi connectivity index (χ0) is 20.8. The highest BCUT2D eigenvalue weighted by atomic mass is 16.5. The molecule has 0 saturated carbocycles. The second-order valence-corrected chi connectivity index (χ2v) is 9.31. The van der Waals surface area contributed by atoms with Gasteiger partial charge in [-0.2, -0.15) is 0 Å². The number of ether oxygens (including phenoxy) is 1. The van der Waals surface area contributed by atoms with E-state index in [9.17, 15) is 4.79 Å². The second-order valence-electron chi connectivity index (χ2n) is 9.31. The van der Waals surface area contributed by atoms with Gasteiger partial charge in [-0.25, -0.2) is 9.97 Å². The van der Waals surface area contributed by atoms with Crippen molar-refractivity contribution in [3.05, 3.63) is 53.1 Å². The van der Waals surface area contributed by atoms with E-state index in [0.717, 1.165) is 75.4 Å². The largest absolute Gasteiger partial charge is 0.497 e. The Bertz CT molecular complexity index is 967. The first-order valence-electron chi connectivity index (χ1n) is 11.0. The minimum absolute atomic E-state index is 0.00523. The maximum atomic E-state index is 13.8. The van der Waals surface area contributed by atoms with Gasteiger partial charge in [0.05, 0.1) is 18.2 Å². The van der Waals surface area contributed by atoms with Crippen LogP contribution in [0.4, 0.5) is 0 Å². The van der Waals surface area contributed by atoms with Gasteiger partial charge >= 0.3 is 0 Å². The van der Waals surface area contributed by atoms with Gasteiger partial charge in [-0.1, -0.05) is 12.1 Å². The lowest BCUT2D eigenvalue weighted by atomic mass is 9.72.